The maximum Gasteiger partial charge on any atom is 0.208 e. The topological polar surface area (TPSA) is 58.9 Å². The quantitative estimate of drug-likeness (QED) is 0.490. The summed E-state index contributed by atoms with van der Waals surface area (Å²) in [6.45, 7) is 0. The summed E-state index contributed by atoms with van der Waals surface area (Å²) in [5, 5.41) is 19.1. The molecule has 0 unspecified atom stereocenters. The van der Waals surface area contributed by atoms with E-state index in [2.05, 4.69) is 0 Å². The second kappa shape index (κ2) is 6.83. The number of para-hydroxylation sites is 4. The molecule has 4 nitrogen and oxygen atoms in total. The molecule has 26 heavy (non-hydrogen) atoms. The maximum atomic E-state index is 14.2. The number of phenols is 2. The fourth-order valence-electron chi connectivity index (χ4n) is 2.08. The third-order valence-corrected chi connectivity index (χ3v) is 3.34. The van der Waals surface area contributed by atoms with Crippen molar-refractivity contribution in [3.05, 3.63) is 71.8 Å². The predicted molar refractivity (Wildman–Crippen MR) is 82.6 cm³/mol. The van der Waals surface area contributed by atoms with Gasteiger partial charge in [0.05, 0.1) is 0 Å². The number of hydrogen-bond donors (Lipinski definition) is 2. The van der Waals surface area contributed by atoms with Crippen LogP contribution in [0.1, 0.15) is 0 Å². The summed E-state index contributed by atoms with van der Waals surface area (Å²) in [5.74, 6) is -12.0. The highest BCUT2D eigenvalue weighted by molar-refractivity contribution is 5.47. The van der Waals surface area contributed by atoms with Gasteiger partial charge < -0.3 is 19.7 Å². The standard InChI is InChI=1S/C18H10F4O4/c19-13-15(21)18(26-12-8-4-2-6-10(12)24)16(22)14(20)17(13)25-11-7-3-1-5-9(11)23/h1-8,23-24H. The van der Waals surface area contributed by atoms with E-state index in [9.17, 15) is 27.8 Å². The third-order valence-electron chi connectivity index (χ3n) is 3.34. The van der Waals surface area contributed by atoms with Crippen molar-refractivity contribution in [1.29, 1.82) is 0 Å². The van der Waals surface area contributed by atoms with Crippen LogP contribution in [0.3, 0.4) is 0 Å². The molecule has 3 aromatic rings. The Morgan fingerprint density at radius 1 is 0.538 bits per heavy atom. The van der Waals surface area contributed by atoms with Crippen LogP contribution in [0.15, 0.2) is 48.5 Å². The molecule has 0 bridgehead atoms. The van der Waals surface area contributed by atoms with Crippen LogP contribution in [0.5, 0.6) is 34.5 Å². The van der Waals surface area contributed by atoms with Crippen LogP contribution in [0, 0.1) is 23.3 Å². The van der Waals surface area contributed by atoms with Crippen molar-refractivity contribution in [2.75, 3.05) is 0 Å². The molecule has 0 spiro atoms. The minimum atomic E-state index is -1.86. The monoisotopic (exact) mass is 366 g/mol. The summed E-state index contributed by atoms with van der Waals surface area (Å²) in [7, 11) is 0. The highest BCUT2D eigenvalue weighted by atomic mass is 19.2. The van der Waals surface area contributed by atoms with Crippen molar-refractivity contribution in [3.8, 4) is 34.5 Å². The minimum absolute atomic E-state index is 0.404. The summed E-state index contributed by atoms with van der Waals surface area (Å²) in [6.07, 6.45) is 0. The van der Waals surface area contributed by atoms with Crippen LogP contribution in [0.2, 0.25) is 0 Å². The van der Waals surface area contributed by atoms with Crippen molar-refractivity contribution in [1.82, 2.24) is 0 Å². The van der Waals surface area contributed by atoms with Gasteiger partial charge in [0.15, 0.2) is 23.0 Å². The molecule has 0 saturated carbocycles. The second-order valence-corrected chi connectivity index (χ2v) is 5.05. The van der Waals surface area contributed by atoms with E-state index in [1.807, 2.05) is 0 Å². The van der Waals surface area contributed by atoms with Gasteiger partial charge in [0.25, 0.3) is 0 Å². The predicted octanol–water partition coefficient (Wildman–Crippen LogP) is 5.24. The molecule has 3 rings (SSSR count). The molecule has 0 radical (unpaired) electrons. The Balaban J connectivity index is 2.05. The Morgan fingerprint density at radius 3 is 1.15 bits per heavy atom. The van der Waals surface area contributed by atoms with Gasteiger partial charge in [-0.25, -0.2) is 0 Å². The Bertz CT molecular complexity index is 868. The normalized spacial score (nSPS) is 10.6. The summed E-state index contributed by atoms with van der Waals surface area (Å²) in [6, 6.07) is 10.2. The van der Waals surface area contributed by atoms with E-state index in [0.29, 0.717) is 0 Å². The molecule has 8 heteroatoms. The lowest BCUT2D eigenvalue weighted by atomic mass is 10.2. The molecule has 0 fully saturated rings. The molecule has 3 aromatic carbocycles. The number of halogens is 4. The van der Waals surface area contributed by atoms with Gasteiger partial charge in [0.1, 0.15) is 0 Å². The van der Waals surface area contributed by atoms with Gasteiger partial charge in [-0.15, -0.1) is 0 Å². The number of benzene rings is 3. The van der Waals surface area contributed by atoms with Crippen LogP contribution in [0.25, 0.3) is 0 Å². The van der Waals surface area contributed by atoms with Gasteiger partial charge in [-0.2, -0.15) is 17.6 Å². The number of rotatable bonds is 4. The lowest BCUT2D eigenvalue weighted by Gasteiger charge is -2.14. The van der Waals surface area contributed by atoms with E-state index in [1.165, 1.54) is 24.3 Å². The fourth-order valence-corrected chi connectivity index (χ4v) is 2.08. The van der Waals surface area contributed by atoms with E-state index in [-0.39, 0.29) is 0 Å². The van der Waals surface area contributed by atoms with E-state index in [1.54, 1.807) is 0 Å². The van der Waals surface area contributed by atoms with Crippen LogP contribution >= 0.6 is 0 Å². The highest BCUT2D eigenvalue weighted by Gasteiger charge is 2.29. The smallest absolute Gasteiger partial charge is 0.208 e. The first kappa shape index (κ1) is 17.4. The molecule has 134 valence electrons. The molecule has 0 aliphatic carbocycles. The number of ether oxygens (including phenoxy) is 2. The molecule has 0 atom stereocenters. The zero-order valence-electron chi connectivity index (χ0n) is 12.8. The Labute approximate surface area is 144 Å². The number of hydrogen-bond acceptors (Lipinski definition) is 4. The minimum Gasteiger partial charge on any atom is -0.504 e. The third kappa shape index (κ3) is 3.08. The van der Waals surface area contributed by atoms with Crippen LogP contribution < -0.4 is 9.47 Å². The van der Waals surface area contributed by atoms with Gasteiger partial charge in [0.2, 0.25) is 34.8 Å². The first-order chi connectivity index (χ1) is 12.4. The zero-order valence-corrected chi connectivity index (χ0v) is 12.8. The lowest BCUT2D eigenvalue weighted by molar-refractivity contribution is 0.318. The van der Waals surface area contributed by atoms with E-state index < -0.39 is 57.8 Å². The van der Waals surface area contributed by atoms with Crippen molar-refractivity contribution >= 4 is 0 Å². The lowest BCUT2D eigenvalue weighted by Crippen LogP contribution is -2.04. The van der Waals surface area contributed by atoms with Gasteiger partial charge in [-0.3, -0.25) is 0 Å². The van der Waals surface area contributed by atoms with Crippen LogP contribution in [0.4, 0.5) is 17.6 Å². The van der Waals surface area contributed by atoms with Crippen LogP contribution in [-0.4, -0.2) is 10.2 Å². The Kier molecular flexibility index (Phi) is 4.57. The maximum absolute atomic E-state index is 14.2. The first-order valence-electron chi connectivity index (χ1n) is 7.17. The molecule has 2 N–H and O–H groups in total. The summed E-state index contributed by atoms with van der Waals surface area (Å²) < 4.78 is 66.3. The SMILES string of the molecule is Oc1ccccc1Oc1c(F)c(F)c(Oc2ccccc2O)c(F)c1F. The molecule has 0 aromatic heterocycles. The molecule has 0 amide bonds. The van der Waals surface area contributed by atoms with Gasteiger partial charge in [-0.1, -0.05) is 24.3 Å². The van der Waals surface area contributed by atoms with Crippen LogP contribution in [-0.2, 0) is 0 Å². The Morgan fingerprint density at radius 2 is 0.846 bits per heavy atom. The molecular weight excluding hydrogens is 356 g/mol. The first-order valence-corrected chi connectivity index (χ1v) is 7.17. The summed E-state index contributed by atoms with van der Waals surface area (Å²) in [5.41, 5.74) is 0. The van der Waals surface area contributed by atoms with Crippen molar-refractivity contribution in [2.45, 2.75) is 0 Å². The molecule has 0 aliphatic heterocycles. The fraction of sp³-hybridized carbons (Fsp3) is 0. The van der Waals surface area contributed by atoms with Crippen molar-refractivity contribution in [3.63, 3.8) is 0 Å². The summed E-state index contributed by atoms with van der Waals surface area (Å²) in [4.78, 5) is 0. The number of aromatic hydroxyl groups is 2. The molecule has 0 saturated heterocycles. The highest BCUT2D eigenvalue weighted by Crippen LogP contribution is 2.41. The average Bonchev–Trinajstić information content (AvgIpc) is 2.63. The zero-order chi connectivity index (χ0) is 18.8. The molecular formula is C18H10F4O4. The molecule has 0 aliphatic rings. The average molecular weight is 366 g/mol. The van der Waals surface area contributed by atoms with E-state index >= 15 is 0 Å². The molecule has 0 heterocycles. The van der Waals surface area contributed by atoms with Gasteiger partial charge >= 0.3 is 0 Å². The summed E-state index contributed by atoms with van der Waals surface area (Å²) >= 11 is 0. The van der Waals surface area contributed by atoms with E-state index in [4.69, 9.17) is 9.47 Å². The van der Waals surface area contributed by atoms with Crippen molar-refractivity contribution in [2.24, 2.45) is 0 Å². The number of phenolic OH excluding ortho intramolecular Hbond substituents is 2. The second-order valence-electron chi connectivity index (χ2n) is 5.05. The van der Waals surface area contributed by atoms with Gasteiger partial charge in [0, 0.05) is 0 Å². The van der Waals surface area contributed by atoms with E-state index in [0.717, 1.165) is 24.3 Å². The van der Waals surface area contributed by atoms with Crippen molar-refractivity contribution < 1.29 is 37.2 Å². The Hall–Kier alpha value is -3.42. The van der Waals surface area contributed by atoms with Gasteiger partial charge in [-0.05, 0) is 24.3 Å². The largest absolute Gasteiger partial charge is 0.504 e.